The lowest BCUT2D eigenvalue weighted by Gasteiger charge is -2.33. The number of benzene rings is 1. The predicted molar refractivity (Wildman–Crippen MR) is 161 cm³/mol. The van der Waals surface area contributed by atoms with E-state index in [1.165, 1.54) is 30.5 Å². The summed E-state index contributed by atoms with van der Waals surface area (Å²) < 4.78 is 19.6. The van der Waals surface area contributed by atoms with Crippen LogP contribution in [-0.2, 0) is 4.74 Å². The number of aliphatic imine (C=N–C) groups is 1. The molecule has 0 aliphatic carbocycles. The molecule has 0 amide bonds. The van der Waals surface area contributed by atoms with Crippen molar-refractivity contribution in [2.75, 3.05) is 27.2 Å². The van der Waals surface area contributed by atoms with Gasteiger partial charge in [-0.2, -0.15) is 0 Å². The van der Waals surface area contributed by atoms with Crippen LogP contribution in [0.15, 0.2) is 88.6 Å². The molecule has 3 N–H and O–H groups in total. The fourth-order valence-electron chi connectivity index (χ4n) is 4.31. The number of carbonyl (C=O) groups is 1. The van der Waals surface area contributed by atoms with E-state index in [0.717, 1.165) is 36.2 Å². The van der Waals surface area contributed by atoms with Crippen LogP contribution in [0.1, 0.15) is 55.6 Å². The molecule has 1 aromatic rings. The minimum absolute atomic E-state index is 0.00572. The minimum Gasteiger partial charge on any atom is -0.396 e. The first-order valence-electron chi connectivity index (χ1n) is 13.2. The number of carbonyl (C=O) groups excluding carboxylic acids is 1. The summed E-state index contributed by atoms with van der Waals surface area (Å²) in [5, 5.41) is 2.97. The Morgan fingerprint density at radius 2 is 2.03 bits per heavy atom. The maximum atomic E-state index is 14.5. The summed E-state index contributed by atoms with van der Waals surface area (Å²) in [4.78, 5) is 18.1. The molecule has 0 spiro atoms. The standard InChI is InChI=1S/C32H43FN4O2/c1-21(17-23(3)32(11-14-35-7)36-20-30(33)31(34)19-24(4)39-8)25(5)37-15-12-27(13-16-37)29-10-9-28(26(6)38)18-22(29)2/h9-12,14,17-20,24-25,36H,3,13,15-16,34H2,1-2,4-8H3/b21-17+,30-20+,31-19+,32-11+,35-14?. The highest BCUT2D eigenvalue weighted by Gasteiger charge is 2.20. The Bertz CT molecular complexity index is 1240. The van der Waals surface area contributed by atoms with Gasteiger partial charge in [0.2, 0.25) is 0 Å². The number of nitrogens with zero attached hydrogens (tertiary/aromatic N) is 2. The molecule has 1 aliphatic heterocycles. The zero-order valence-electron chi connectivity index (χ0n) is 24.3. The average Bonchev–Trinajstić information content (AvgIpc) is 2.92. The number of ketones is 1. The van der Waals surface area contributed by atoms with Crippen molar-refractivity contribution in [3.05, 3.63) is 100 Å². The van der Waals surface area contributed by atoms with Gasteiger partial charge in [0.15, 0.2) is 11.6 Å². The summed E-state index contributed by atoms with van der Waals surface area (Å²) >= 11 is 0. The summed E-state index contributed by atoms with van der Waals surface area (Å²) in [5.41, 5.74) is 12.7. The average molecular weight is 535 g/mol. The molecule has 2 unspecified atom stereocenters. The number of ether oxygens (including phenoxy) is 1. The zero-order valence-corrected chi connectivity index (χ0v) is 24.3. The number of nitrogens with two attached hydrogens (primary N) is 1. The van der Waals surface area contributed by atoms with Gasteiger partial charge in [-0.1, -0.05) is 36.4 Å². The van der Waals surface area contributed by atoms with Crippen molar-refractivity contribution in [2.24, 2.45) is 10.7 Å². The summed E-state index contributed by atoms with van der Waals surface area (Å²) in [6.45, 7) is 15.6. The van der Waals surface area contributed by atoms with Crippen LogP contribution in [0.25, 0.3) is 5.57 Å². The van der Waals surface area contributed by atoms with Crippen molar-refractivity contribution in [1.82, 2.24) is 10.2 Å². The highest BCUT2D eigenvalue weighted by atomic mass is 19.1. The van der Waals surface area contributed by atoms with E-state index >= 15 is 0 Å². The summed E-state index contributed by atoms with van der Waals surface area (Å²) in [6, 6.07) is 6.13. The van der Waals surface area contributed by atoms with Crippen molar-refractivity contribution in [2.45, 2.75) is 53.2 Å². The molecular weight excluding hydrogens is 491 g/mol. The van der Waals surface area contributed by atoms with E-state index in [1.54, 1.807) is 33.2 Å². The van der Waals surface area contributed by atoms with E-state index in [1.807, 2.05) is 18.2 Å². The SMILES string of the molecule is C=C(/C=C(\C)C(C)N1CC=C(c2ccc(C(C)=O)cc2C)CC1)/C(=C\C=NC)N/C=C(F)\C(N)=C/C(C)OC. The van der Waals surface area contributed by atoms with Crippen LogP contribution in [0.3, 0.4) is 0 Å². The van der Waals surface area contributed by atoms with Crippen LogP contribution in [0.2, 0.25) is 0 Å². The van der Waals surface area contributed by atoms with Gasteiger partial charge in [-0.3, -0.25) is 14.7 Å². The number of halogens is 1. The first kappa shape index (κ1) is 31.7. The zero-order chi connectivity index (χ0) is 29.1. The highest BCUT2D eigenvalue weighted by molar-refractivity contribution is 5.94. The van der Waals surface area contributed by atoms with Gasteiger partial charge in [-0.25, -0.2) is 4.39 Å². The molecule has 0 bridgehead atoms. The van der Waals surface area contributed by atoms with Gasteiger partial charge in [0.05, 0.1) is 11.8 Å². The molecule has 0 saturated heterocycles. The van der Waals surface area contributed by atoms with E-state index in [0.29, 0.717) is 11.3 Å². The Morgan fingerprint density at radius 1 is 1.31 bits per heavy atom. The Hall–Kier alpha value is -3.55. The van der Waals surface area contributed by atoms with Gasteiger partial charge < -0.3 is 15.8 Å². The Kier molecular flexibility index (Phi) is 12.3. The number of nitrogens with one attached hydrogen (secondary N) is 1. The molecule has 1 heterocycles. The van der Waals surface area contributed by atoms with Crippen LogP contribution in [0.5, 0.6) is 0 Å². The van der Waals surface area contributed by atoms with Crippen LogP contribution in [0, 0.1) is 6.92 Å². The minimum atomic E-state index is -0.595. The summed E-state index contributed by atoms with van der Waals surface area (Å²) in [5.74, 6) is -0.512. The monoisotopic (exact) mass is 534 g/mol. The van der Waals surface area contributed by atoms with Crippen LogP contribution < -0.4 is 11.1 Å². The quantitative estimate of drug-likeness (QED) is 0.194. The van der Waals surface area contributed by atoms with E-state index in [4.69, 9.17) is 10.5 Å². The first-order chi connectivity index (χ1) is 18.5. The Balaban J connectivity index is 2.13. The van der Waals surface area contributed by atoms with E-state index in [-0.39, 0.29) is 23.6 Å². The summed E-state index contributed by atoms with van der Waals surface area (Å²) in [7, 11) is 3.20. The number of methoxy groups -OCH3 is 1. The van der Waals surface area contributed by atoms with E-state index in [2.05, 4.69) is 54.7 Å². The third-order valence-electron chi connectivity index (χ3n) is 6.98. The van der Waals surface area contributed by atoms with E-state index < -0.39 is 5.83 Å². The molecule has 6 nitrogen and oxygen atoms in total. The lowest BCUT2D eigenvalue weighted by atomic mass is 9.92. The first-order valence-corrected chi connectivity index (χ1v) is 13.2. The van der Waals surface area contributed by atoms with Gasteiger partial charge in [-0.05, 0) is 81.5 Å². The molecule has 0 saturated carbocycles. The van der Waals surface area contributed by atoms with Crippen LogP contribution >= 0.6 is 0 Å². The normalized spacial score (nSPS) is 17.7. The molecular formula is C32H43FN4O2. The van der Waals surface area contributed by atoms with Gasteiger partial charge in [-0.15, -0.1) is 0 Å². The van der Waals surface area contributed by atoms with Crippen molar-refractivity contribution in [1.29, 1.82) is 0 Å². The Morgan fingerprint density at radius 3 is 2.59 bits per heavy atom. The number of Topliss-reactive ketones (excluding diaryl/α,β-unsaturated/α-hetero) is 1. The van der Waals surface area contributed by atoms with Crippen LogP contribution in [0.4, 0.5) is 4.39 Å². The van der Waals surface area contributed by atoms with E-state index in [9.17, 15) is 9.18 Å². The molecule has 0 fully saturated rings. The van der Waals surface area contributed by atoms with Crippen molar-refractivity contribution in [3.8, 4) is 0 Å². The smallest absolute Gasteiger partial charge is 0.161 e. The third kappa shape index (κ3) is 9.30. The maximum Gasteiger partial charge on any atom is 0.161 e. The molecule has 7 heteroatoms. The number of rotatable bonds is 12. The molecule has 39 heavy (non-hydrogen) atoms. The Labute approximate surface area is 233 Å². The molecule has 0 radical (unpaired) electrons. The van der Waals surface area contributed by atoms with Gasteiger partial charge in [0, 0.05) is 57.0 Å². The van der Waals surface area contributed by atoms with Crippen molar-refractivity contribution >= 4 is 17.6 Å². The molecule has 1 aliphatic rings. The molecule has 2 rings (SSSR count). The van der Waals surface area contributed by atoms with Crippen molar-refractivity contribution in [3.63, 3.8) is 0 Å². The molecule has 1 aromatic carbocycles. The second-order valence-electron chi connectivity index (χ2n) is 9.84. The largest absolute Gasteiger partial charge is 0.396 e. The lowest BCUT2D eigenvalue weighted by molar-refractivity contribution is 0.101. The second kappa shape index (κ2) is 15.1. The fourth-order valence-corrected chi connectivity index (χ4v) is 4.31. The highest BCUT2D eigenvalue weighted by Crippen LogP contribution is 2.28. The van der Waals surface area contributed by atoms with Gasteiger partial charge >= 0.3 is 0 Å². The lowest BCUT2D eigenvalue weighted by Crippen LogP contribution is -2.37. The molecule has 2 atom stereocenters. The number of allylic oxidation sites excluding steroid dienone is 3. The van der Waals surface area contributed by atoms with Crippen LogP contribution in [-0.4, -0.2) is 56.3 Å². The molecule has 0 aromatic heterocycles. The predicted octanol–water partition coefficient (Wildman–Crippen LogP) is 6.04. The molecule has 210 valence electrons. The second-order valence-corrected chi connectivity index (χ2v) is 9.84. The topological polar surface area (TPSA) is 80.0 Å². The van der Waals surface area contributed by atoms with Crippen molar-refractivity contribution < 1.29 is 13.9 Å². The van der Waals surface area contributed by atoms with Gasteiger partial charge in [0.1, 0.15) is 0 Å². The summed E-state index contributed by atoms with van der Waals surface area (Å²) in [6.07, 6.45) is 11.0. The maximum absolute atomic E-state index is 14.5. The van der Waals surface area contributed by atoms with Gasteiger partial charge in [0.25, 0.3) is 0 Å². The third-order valence-corrected chi connectivity index (χ3v) is 6.98. The number of aryl methyl sites for hydroxylation is 1. The number of hydrogen-bond donors (Lipinski definition) is 2. The number of hydrogen-bond acceptors (Lipinski definition) is 6. The fraction of sp³-hybridized carbons (Fsp3) is 0.375.